The molecule has 0 saturated heterocycles. The maximum Gasteiger partial charge on any atom is 0.266 e. The number of primary amides is 1. The minimum atomic E-state index is -4.01. The number of nitrogens with zero attached hydrogens (tertiary/aromatic N) is 2. The standard InChI is InChI=1S/C11H10ClN5O3S/c12-9-3-4-15-11(16-9)17-21(19,20)8-2-1-6(10(14)18)5-7(8)13/h1-5H,13H2,(H2,14,18)(H,15,16,17). The first-order valence-corrected chi connectivity index (χ1v) is 7.36. The predicted molar refractivity (Wildman–Crippen MR) is 77.2 cm³/mol. The fourth-order valence-corrected chi connectivity index (χ4v) is 2.71. The van der Waals surface area contributed by atoms with Crippen LogP contribution in [0.3, 0.4) is 0 Å². The Morgan fingerprint density at radius 3 is 2.57 bits per heavy atom. The number of halogens is 1. The molecule has 21 heavy (non-hydrogen) atoms. The van der Waals surface area contributed by atoms with E-state index in [4.69, 9.17) is 23.1 Å². The molecule has 0 radical (unpaired) electrons. The van der Waals surface area contributed by atoms with E-state index < -0.39 is 15.9 Å². The molecule has 0 atom stereocenters. The van der Waals surface area contributed by atoms with Crippen molar-refractivity contribution < 1.29 is 13.2 Å². The van der Waals surface area contributed by atoms with Gasteiger partial charge in [-0.05, 0) is 24.3 Å². The van der Waals surface area contributed by atoms with Gasteiger partial charge in [0.15, 0.2) is 0 Å². The lowest BCUT2D eigenvalue weighted by atomic mass is 10.2. The third-order valence-corrected chi connectivity index (χ3v) is 4.04. The molecular weight excluding hydrogens is 318 g/mol. The quantitative estimate of drug-likeness (QED) is 0.555. The number of benzene rings is 1. The normalized spacial score (nSPS) is 11.1. The first kappa shape index (κ1) is 15.0. The summed E-state index contributed by atoms with van der Waals surface area (Å²) < 4.78 is 26.5. The molecule has 0 aliphatic heterocycles. The Morgan fingerprint density at radius 2 is 2.00 bits per heavy atom. The van der Waals surface area contributed by atoms with Crippen LogP contribution in [-0.2, 0) is 10.0 Å². The number of anilines is 2. The molecule has 0 spiro atoms. The Bertz CT molecular complexity index is 809. The van der Waals surface area contributed by atoms with E-state index in [9.17, 15) is 13.2 Å². The zero-order valence-electron chi connectivity index (χ0n) is 10.4. The molecular formula is C11H10ClN5O3S. The Balaban J connectivity index is 2.38. The van der Waals surface area contributed by atoms with Gasteiger partial charge in [-0.2, -0.15) is 0 Å². The number of carbonyl (C=O) groups is 1. The molecule has 1 aromatic carbocycles. The Morgan fingerprint density at radius 1 is 1.29 bits per heavy atom. The lowest BCUT2D eigenvalue weighted by Gasteiger charge is -2.09. The van der Waals surface area contributed by atoms with Crippen molar-refractivity contribution in [2.45, 2.75) is 4.90 Å². The van der Waals surface area contributed by atoms with Crippen LogP contribution in [0, 0.1) is 0 Å². The molecule has 10 heteroatoms. The van der Waals surface area contributed by atoms with Gasteiger partial charge in [0, 0.05) is 11.8 Å². The average molecular weight is 328 g/mol. The molecule has 1 amide bonds. The van der Waals surface area contributed by atoms with Gasteiger partial charge in [-0.15, -0.1) is 0 Å². The van der Waals surface area contributed by atoms with Crippen LogP contribution >= 0.6 is 11.6 Å². The number of aromatic nitrogens is 2. The van der Waals surface area contributed by atoms with Gasteiger partial charge in [0.25, 0.3) is 10.0 Å². The number of rotatable bonds is 4. The molecule has 0 aliphatic carbocycles. The number of nitrogens with two attached hydrogens (primary N) is 2. The molecule has 110 valence electrons. The molecule has 8 nitrogen and oxygen atoms in total. The lowest BCUT2D eigenvalue weighted by Crippen LogP contribution is -2.18. The second kappa shape index (κ2) is 5.54. The van der Waals surface area contributed by atoms with Crippen LogP contribution in [0.2, 0.25) is 5.15 Å². The highest BCUT2D eigenvalue weighted by molar-refractivity contribution is 7.92. The summed E-state index contributed by atoms with van der Waals surface area (Å²) in [5.74, 6) is -0.905. The third kappa shape index (κ3) is 3.38. The topological polar surface area (TPSA) is 141 Å². The van der Waals surface area contributed by atoms with Crippen molar-refractivity contribution in [1.82, 2.24) is 9.97 Å². The summed E-state index contributed by atoms with van der Waals surface area (Å²) in [5, 5.41) is 0.0831. The average Bonchev–Trinajstić information content (AvgIpc) is 2.37. The van der Waals surface area contributed by atoms with Crippen molar-refractivity contribution in [2.75, 3.05) is 10.5 Å². The zero-order chi connectivity index (χ0) is 15.6. The SMILES string of the molecule is NC(=O)c1ccc(S(=O)(=O)Nc2nccc(Cl)n2)c(N)c1. The van der Waals surface area contributed by atoms with Crippen LogP contribution in [0.1, 0.15) is 10.4 Å². The summed E-state index contributed by atoms with van der Waals surface area (Å²) >= 11 is 5.64. The van der Waals surface area contributed by atoms with E-state index in [-0.39, 0.29) is 27.2 Å². The van der Waals surface area contributed by atoms with Gasteiger partial charge >= 0.3 is 0 Å². The number of sulfonamides is 1. The minimum Gasteiger partial charge on any atom is -0.398 e. The summed E-state index contributed by atoms with van der Waals surface area (Å²) in [5.41, 5.74) is 10.7. The van der Waals surface area contributed by atoms with E-state index in [1.807, 2.05) is 0 Å². The van der Waals surface area contributed by atoms with Crippen LogP contribution in [0.4, 0.5) is 11.6 Å². The molecule has 0 unspecified atom stereocenters. The highest BCUT2D eigenvalue weighted by Crippen LogP contribution is 2.21. The number of nitrogen functional groups attached to an aromatic ring is 1. The van der Waals surface area contributed by atoms with Crippen LogP contribution in [0.5, 0.6) is 0 Å². The van der Waals surface area contributed by atoms with Gasteiger partial charge < -0.3 is 11.5 Å². The molecule has 2 rings (SSSR count). The van der Waals surface area contributed by atoms with E-state index >= 15 is 0 Å². The number of carbonyl (C=O) groups excluding carboxylic acids is 1. The van der Waals surface area contributed by atoms with Gasteiger partial charge in [-0.25, -0.2) is 23.1 Å². The molecule has 0 fully saturated rings. The number of amides is 1. The van der Waals surface area contributed by atoms with Gasteiger partial charge in [-0.1, -0.05) is 11.6 Å². The van der Waals surface area contributed by atoms with Crippen molar-refractivity contribution in [3.63, 3.8) is 0 Å². The summed E-state index contributed by atoms with van der Waals surface area (Å²) in [4.78, 5) is 18.2. The van der Waals surface area contributed by atoms with Gasteiger partial charge in [0.2, 0.25) is 11.9 Å². The smallest absolute Gasteiger partial charge is 0.266 e. The van der Waals surface area contributed by atoms with E-state index in [2.05, 4.69) is 14.7 Å². The van der Waals surface area contributed by atoms with E-state index in [0.717, 1.165) is 0 Å². The fraction of sp³-hybridized carbons (Fsp3) is 0. The highest BCUT2D eigenvalue weighted by Gasteiger charge is 2.20. The Hall–Kier alpha value is -2.39. The molecule has 1 aromatic heterocycles. The largest absolute Gasteiger partial charge is 0.398 e. The monoisotopic (exact) mass is 327 g/mol. The Labute approximate surface area is 125 Å². The van der Waals surface area contributed by atoms with E-state index in [1.165, 1.54) is 30.5 Å². The number of nitrogens with one attached hydrogen (secondary N) is 1. The van der Waals surface area contributed by atoms with Crippen molar-refractivity contribution >= 4 is 39.2 Å². The molecule has 5 N–H and O–H groups in total. The van der Waals surface area contributed by atoms with Crippen molar-refractivity contribution in [2.24, 2.45) is 5.73 Å². The molecule has 1 heterocycles. The highest BCUT2D eigenvalue weighted by atomic mass is 35.5. The molecule has 0 bridgehead atoms. The number of hydrogen-bond acceptors (Lipinski definition) is 6. The van der Waals surface area contributed by atoms with Crippen LogP contribution in [-0.4, -0.2) is 24.3 Å². The zero-order valence-corrected chi connectivity index (χ0v) is 12.0. The van der Waals surface area contributed by atoms with Crippen molar-refractivity contribution in [1.29, 1.82) is 0 Å². The molecule has 0 aliphatic rings. The molecule has 0 saturated carbocycles. The maximum atomic E-state index is 12.2. The fourth-order valence-electron chi connectivity index (χ4n) is 1.51. The predicted octanol–water partition coefficient (Wildman–Crippen LogP) is 0.612. The van der Waals surface area contributed by atoms with Crippen LogP contribution in [0.25, 0.3) is 0 Å². The van der Waals surface area contributed by atoms with Gasteiger partial charge in [0.1, 0.15) is 10.0 Å². The third-order valence-electron chi connectivity index (χ3n) is 2.43. The first-order valence-electron chi connectivity index (χ1n) is 5.50. The van der Waals surface area contributed by atoms with Gasteiger partial charge in [0.05, 0.1) is 5.69 Å². The maximum absolute atomic E-state index is 12.2. The summed E-state index contributed by atoms with van der Waals surface area (Å²) in [6.07, 6.45) is 1.30. The second-order valence-electron chi connectivity index (χ2n) is 3.93. The van der Waals surface area contributed by atoms with E-state index in [1.54, 1.807) is 0 Å². The van der Waals surface area contributed by atoms with E-state index in [0.29, 0.717) is 0 Å². The summed E-state index contributed by atoms with van der Waals surface area (Å²) in [7, 11) is -4.01. The second-order valence-corrected chi connectivity index (χ2v) is 5.96. The van der Waals surface area contributed by atoms with Crippen LogP contribution in [0.15, 0.2) is 35.4 Å². The van der Waals surface area contributed by atoms with Gasteiger partial charge in [-0.3, -0.25) is 4.79 Å². The number of hydrogen-bond donors (Lipinski definition) is 3. The van der Waals surface area contributed by atoms with Crippen molar-refractivity contribution in [3.8, 4) is 0 Å². The first-order chi connectivity index (χ1) is 9.79. The summed E-state index contributed by atoms with van der Waals surface area (Å²) in [6, 6.07) is 5.00. The van der Waals surface area contributed by atoms with Crippen molar-refractivity contribution in [3.05, 3.63) is 41.2 Å². The minimum absolute atomic E-state index is 0.0831. The Kier molecular flexibility index (Phi) is 3.96. The summed E-state index contributed by atoms with van der Waals surface area (Å²) in [6.45, 7) is 0. The van der Waals surface area contributed by atoms with Crippen LogP contribution < -0.4 is 16.2 Å². The lowest BCUT2D eigenvalue weighted by molar-refractivity contribution is 0.1000. The molecule has 2 aromatic rings.